The molecular formula is C13H24N2O5S. The smallest absolute Gasteiger partial charge is 0.307 e. The summed E-state index contributed by atoms with van der Waals surface area (Å²) in [6.07, 6.45) is 4.23. The van der Waals surface area contributed by atoms with Crippen LogP contribution in [-0.2, 0) is 15.0 Å². The molecule has 8 heteroatoms. The number of aliphatic carboxylic acids is 1. The fourth-order valence-corrected chi connectivity index (χ4v) is 4.86. The van der Waals surface area contributed by atoms with Crippen LogP contribution < -0.4 is 0 Å². The number of aliphatic hydroxyl groups is 1. The van der Waals surface area contributed by atoms with E-state index in [0.29, 0.717) is 32.4 Å². The van der Waals surface area contributed by atoms with E-state index in [1.165, 1.54) is 8.61 Å². The monoisotopic (exact) mass is 320 g/mol. The van der Waals surface area contributed by atoms with E-state index in [1.54, 1.807) is 0 Å². The molecule has 21 heavy (non-hydrogen) atoms. The van der Waals surface area contributed by atoms with Crippen molar-refractivity contribution in [3.05, 3.63) is 0 Å². The van der Waals surface area contributed by atoms with Gasteiger partial charge in [-0.1, -0.05) is 6.42 Å². The molecule has 1 saturated carbocycles. The molecule has 1 unspecified atom stereocenters. The molecule has 0 aromatic carbocycles. The highest BCUT2D eigenvalue weighted by atomic mass is 32.2. The number of carboxylic acid groups (broad SMARTS) is 1. The number of piperidine rings is 1. The van der Waals surface area contributed by atoms with Crippen molar-refractivity contribution in [2.75, 3.05) is 26.2 Å². The van der Waals surface area contributed by atoms with Crippen molar-refractivity contribution in [2.24, 2.45) is 5.92 Å². The van der Waals surface area contributed by atoms with Crippen LogP contribution in [0.1, 0.15) is 38.5 Å². The lowest BCUT2D eigenvalue weighted by atomic mass is 9.93. The fourth-order valence-electron chi connectivity index (χ4n) is 2.89. The Morgan fingerprint density at radius 2 is 1.95 bits per heavy atom. The quantitative estimate of drug-likeness (QED) is 0.701. The number of nitrogens with zero attached hydrogens (tertiary/aromatic N) is 2. The zero-order valence-electron chi connectivity index (χ0n) is 12.1. The molecule has 0 bridgehead atoms. The fraction of sp³-hybridized carbons (Fsp3) is 0.923. The summed E-state index contributed by atoms with van der Waals surface area (Å²) in [6.45, 7) is 0.697. The van der Waals surface area contributed by atoms with E-state index in [-0.39, 0.29) is 19.2 Å². The Morgan fingerprint density at radius 3 is 2.48 bits per heavy atom. The van der Waals surface area contributed by atoms with Gasteiger partial charge in [0, 0.05) is 32.3 Å². The first-order valence-electron chi connectivity index (χ1n) is 7.57. The highest BCUT2D eigenvalue weighted by Gasteiger charge is 2.40. The molecule has 0 radical (unpaired) electrons. The van der Waals surface area contributed by atoms with Gasteiger partial charge in [-0.2, -0.15) is 17.0 Å². The summed E-state index contributed by atoms with van der Waals surface area (Å²) in [5.74, 6) is -1.55. The summed E-state index contributed by atoms with van der Waals surface area (Å²) >= 11 is 0. The minimum atomic E-state index is -3.63. The van der Waals surface area contributed by atoms with Gasteiger partial charge < -0.3 is 10.2 Å². The van der Waals surface area contributed by atoms with Crippen LogP contribution in [0.5, 0.6) is 0 Å². The van der Waals surface area contributed by atoms with Gasteiger partial charge in [-0.05, 0) is 32.1 Å². The van der Waals surface area contributed by atoms with Crippen molar-refractivity contribution >= 4 is 16.2 Å². The largest absolute Gasteiger partial charge is 0.481 e. The topological polar surface area (TPSA) is 98.2 Å². The van der Waals surface area contributed by atoms with Gasteiger partial charge in [-0.3, -0.25) is 4.79 Å². The molecule has 0 aromatic rings. The van der Waals surface area contributed by atoms with E-state index >= 15 is 0 Å². The Labute approximate surface area is 125 Å². The van der Waals surface area contributed by atoms with Crippen molar-refractivity contribution < 1.29 is 23.4 Å². The van der Waals surface area contributed by atoms with E-state index in [2.05, 4.69) is 0 Å². The Kier molecular flexibility index (Phi) is 5.59. The van der Waals surface area contributed by atoms with Crippen molar-refractivity contribution in [3.8, 4) is 0 Å². The third-order valence-electron chi connectivity index (χ3n) is 4.37. The van der Waals surface area contributed by atoms with Crippen molar-refractivity contribution in [1.29, 1.82) is 0 Å². The lowest BCUT2D eigenvalue weighted by molar-refractivity contribution is -0.142. The van der Waals surface area contributed by atoms with Gasteiger partial charge >= 0.3 is 5.97 Å². The molecule has 2 fully saturated rings. The third-order valence-corrected chi connectivity index (χ3v) is 6.43. The molecule has 1 aliphatic heterocycles. The molecule has 122 valence electrons. The summed E-state index contributed by atoms with van der Waals surface area (Å²) in [6, 6.07) is 0.00625. The second-order valence-electron chi connectivity index (χ2n) is 5.82. The van der Waals surface area contributed by atoms with Gasteiger partial charge in [-0.15, -0.1) is 0 Å². The predicted octanol–water partition coefficient (Wildman–Crippen LogP) is 0.265. The summed E-state index contributed by atoms with van der Waals surface area (Å²) in [4.78, 5) is 11.1. The number of hydrogen-bond acceptors (Lipinski definition) is 4. The second-order valence-corrected chi connectivity index (χ2v) is 7.70. The van der Waals surface area contributed by atoms with Crippen molar-refractivity contribution in [1.82, 2.24) is 8.61 Å². The zero-order valence-corrected chi connectivity index (χ0v) is 13.0. The predicted molar refractivity (Wildman–Crippen MR) is 76.9 cm³/mol. The third kappa shape index (κ3) is 3.74. The first-order valence-corrected chi connectivity index (χ1v) is 8.97. The van der Waals surface area contributed by atoms with Crippen LogP contribution in [0.25, 0.3) is 0 Å². The molecule has 0 amide bonds. The minimum absolute atomic E-state index is 0.00625. The Balaban J connectivity index is 2.11. The molecule has 2 rings (SSSR count). The summed E-state index contributed by atoms with van der Waals surface area (Å²) in [5.41, 5.74) is 0. The van der Waals surface area contributed by atoms with Gasteiger partial charge in [0.25, 0.3) is 10.2 Å². The van der Waals surface area contributed by atoms with Crippen LogP contribution in [0.4, 0.5) is 0 Å². The molecule has 1 heterocycles. The molecule has 2 N–H and O–H groups in total. The van der Waals surface area contributed by atoms with Crippen LogP contribution in [0.3, 0.4) is 0 Å². The van der Waals surface area contributed by atoms with Crippen molar-refractivity contribution in [2.45, 2.75) is 44.6 Å². The van der Waals surface area contributed by atoms with Crippen LogP contribution >= 0.6 is 0 Å². The molecule has 0 spiro atoms. The van der Waals surface area contributed by atoms with Crippen molar-refractivity contribution in [3.63, 3.8) is 0 Å². The molecular weight excluding hydrogens is 296 g/mol. The first-order chi connectivity index (χ1) is 9.96. The number of carbonyl (C=O) groups is 1. The SMILES string of the molecule is O=C(O)C1CCCN(S(=O)(=O)N(CCCO)C2CCC2)C1. The maximum atomic E-state index is 12.8. The highest BCUT2D eigenvalue weighted by molar-refractivity contribution is 7.86. The average molecular weight is 320 g/mol. The molecule has 1 aliphatic carbocycles. The van der Waals surface area contributed by atoms with Gasteiger partial charge in [0.05, 0.1) is 5.92 Å². The van der Waals surface area contributed by atoms with E-state index in [4.69, 9.17) is 10.2 Å². The number of hydrogen-bond donors (Lipinski definition) is 2. The van der Waals surface area contributed by atoms with Crippen LogP contribution in [0.15, 0.2) is 0 Å². The number of aliphatic hydroxyl groups excluding tert-OH is 1. The molecule has 2 aliphatic rings. The molecule has 1 saturated heterocycles. The van der Waals surface area contributed by atoms with Gasteiger partial charge in [-0.25, -0.2) is 0 Å². The van der Waals surface area contributed by atoms with Crippen LogP contribution in [0, 0.1) is 5.92 Å². The molecule has 0 aromatic heterocycles. The maximum Gasteiger partial charge on any atom is 0.307 e. The van der Waals surface area contributed by atoms with Gasteiger partial charge in [0.1, 0.15) is 0 Å². The summed E-state index contributed by atoms with van der Waals surface area (Å²) in [5, 5.41) is 18.1. The molecule has 1 atom stereocenters. The van der Waals surface area contributed by atoms with Crippen LogP contribution in [0.2, 0.25) is 0 Å². The average Bonchev–Trinajstić information content (AvgIpc) is 2.41. The Bertz CT molecular complexity index is 463. The zero-order chi connectivity index (χ0) is 15.5. The normalized spacial score (nSPS) is 25.0. The Morgan fingerprint density at radius 1 is 1.24 bits per heavy atom. The van der Waals surface area contributed by atoms with E-state index in [0.717, 1.165) is 19.3 Å². The standard InChI is InChI=1S/C13H24N2O5S/c16-9-3-8-15(12-5-1-6-12)21(19,20)14-7-2-4-11(10-14)13(17)18/h11-12,16H,1-10H2,(H,17,18). The molecule has 7 nitrogen and oxygen atoms in total. The highest BCUT2D eigenvalue weighted by Crippen LogP contribution is 2.30. The summed E-state index contributed by atoms with van der Waals surface area (Å²) < 4.78 is 28.3. The van der Waals surface area contributed by atoms with E-state index in [9.17, 15) is 13.2 Å². The van der Waals surface area contributed by atoms with E-state index < -0.39 is 22.1 Å². The first kappa shape index (κ1) is 16.7. The van der Waals surface area contributed by atoms with E-state index in [1.807, 2.05) is 0 Å². The van der Waals surface area contributed by atoms with Crippen LogP contribution in [-0.4, -0.2) is 65.5 Å². The Hall–Kier alpha value is -0.700. The lowest BCUT2D eigenvalue weighted by Gasteiger charge is -2.41. The number of carboxylic acids is 1. The second kappa shape index (κ2) is 7.04. The van der Waals surface area contributed by atoms with Gasteiger partial charge in [0.15, 0.2) is 0 Å². The number of rotatable bonds is 7. The lowest BCUT2D eigenvalue weighted by Crippen LogP contribution is -2.54. The maximum absolute atomic E-state index is 12.8. The minimum Gasteiger partial charge on any atom is -0.481 e. The summed E-state index contributed by atoms with van der Waals surface area (Å²) in [7, 11) is -3.63. The van der Waals surface area contributed by atoms with Gasteiger partial charge in [0.2, 0.25) is 0 Å².